The molecule has 2 heterocycles. The van der Waals surface area contributed by atoms with Crippen molar-refractivity contribution < 1.29 is 18.0 Å². The molecule has 2 N–H and O–H groups in total. The fourth-order valence-electron chi connectivity index (χ4n) is 2.57. The number of nitrogens with one attached hydrogen (secondary N) is 2. The molecule has 2 aliphatic rings. The highest BCUT2D eigenvalue weighted by atomic mass is 32.2. The van der Waals surface area contributed by atoms with E-state index in [2.05, 4.69) is 10.6 Å². The summed E-state index contributed by atoms with van der Waals surface area (Å²) in [6.45, 7) is 2.28. The van der Waals surface area contributed by atoms with E-state index in [0.717, 1.165) is 23.7 Å². The number of piperazine rings is 1. The average molecular weight is 289 g/mol. The van der Waals surface area contributed by atoms with Crippen LogP contribution in [0.25, 0.3) is 0 Å². The van der Waals surface area contributed by atoms with Gasteiger partial charge in [-0.15, -0.1) is 0 Å². The number of carbonyl (C=O) groups is 2. The minimum absolute atomic E-state index is 0.0515. The zero-order chi connectivity index (χ0) is 14.0. The lowest BCUT2D eigenvalue weighted by atomic mass is 10.2. The SMILES string of the molecule is CCC1C(=O)NC(=O)CN1S(=O)(=O)CC1CCCN1. The van der Waals surface area contributed by atoms with E-state index >= 15 is 0 Å². The quantitative estimate of drug-likeness (QED) is 0.634. The van der Waals surface area contributed by atoms with Crippen LogP contribution < -0.4 is 10.6 Å². The molecule has 0 aromatic rings. The molecule has 2 unspecified atom stereocenters. The Hall–Kier alpha value is -0.990. The summed E-state index contributed by atoms with van der Waals surface area (Å²) in [5, 5.41) is 5.29. The molecule has 108 valence electrons. The Morgan fingerprint density at radius 2 is 2.11 bits per heavy atom. The molecule has 7 nitrogen and oxygen atoms in total. The number of hydrogen-bond acceptors (Lipinski definition) is 5. The summed E-state index contributed by atoms with van der Waals surface area (Å²) in [5.41, 5.74) is 0. The standard InChI is InChI=1S/C11H19N3O4S/c1-2-9-11(16)13-10(15)6-14(9)19(17,18)7-8-4-3-5-12-8/h8-9,12H,2-7H2,1H3,(H,13,15,16). The van der Waals surface area contributed by atoms with Gasteiger partial charge >= 0.3 is 0 Å². The Balaban J connectivity index is 2.16. The van der Waals surface area contributed by atoms with Crippen LogP contribution in [0.5, 0.6) is 0 Å². The summed E-state index contributed by atoms with van der Waals surface area (Å²) < 4.78 is 25.8. The molecule has 0 radical (unpaired) electrons. The van der Waals surface area contributed by atoms with Gasteiger partial charge in [-0.3, -0.25) is 14.9 Å². The van der Waals surface area contributed by atoms with Gasteiger partial charge in [0.1, 0.15) is 6.04 Å². The fourth-order valence-corrected chi connectivity index (χ4v) is 4.50. The number of carbonyl (C=O) groups excluding carboxylic acids is 2. The van der Waals surface area contributed by atoms with Gasteiger partial charge in [0.2, 0.25) is 21.8 Å². The zero-order valence-corrected chi connectivity index (χ0v) is 11.7. The van der Waals surface area contributed by atoms with Crippen LogP contribution >= 0.6 is 0 Å². The highest BCUT2D eigenvalue weighted by Gasteiger charge is 2.40. The number of imide groups is 1. The molecule has 0 aromatic carbocycles. The van der Waals surface area contributed by atoms with E-state index in [4.69, 9.17) is 0 Å². The van der Waals surface area contributed by atoms with E-state index in [0.29, 0.717) is 6.42 Å². The van der Waals surface area contributed by atoms with Gasteiger partial charge < -0.3 is 5.32 Å². The van der Waals surface area contributed by atoms with Crippen LogP contribution in [0.15, 0.2) is 0 Å². The number of nitrogens with zero attached hydrogens (tertiary/aromatic N) is 1. The van der Waals surface area contributed by atoms with Crippen LogP contribution in [-0.2, 0) is 19.6 Å². The van der Waals surface area contributed by atoms with Gasteiger partial charge in [-0.1, -0.05) is 6.92 Å². The number of hydrogen-bond donors (Lipinski definition) is 2. The van der Waals surface area contributed by atoms with Gasteiger partial charge in [0.15, 0.2) is 0 Å². The van der Waals surface area contributed by atoms with Crippen LogP contribution in [0.2, 0.25) is 0 Å². The van der Waals surface area contributed by atoms with Gasteiger partial charge in [-0.2, -0.15) is 4.31 Å². The van der Waals surface area contributed by atoms with Crippen molar-refractivity contribution >= 4 is 21.8 Å². The molecular formula is C11H19N3O4S. The van der Waals surface area contributed by atoms with Crippen molar-refractivity contribution in [3.63, 3.8) is 0 Å². The predicted octanol–water partition coefficient (Wildman–Crippen LogP) is -1.19. The first kappa shape index (κ1) is 14.4. The largest absolute Gasteiger partial charge is 0.313 e. The monoisotopic (exact) mass is 289 g/mol. The molecule has 0 aromatic heterocycles. The second-order valence-electron chi connectivity index (χ2n) is 4.95. The Bertz CT molecular complexity index is 470. The van der Waals surface area contributed by atoms with Gasteiger partial charge in [0.25, 0.3) is 0 Å². The lowest BCUT2D eigenvalue weighted by molar-refractivity contribution is -0.137. The minimum atomic E-state index is -3.60. The van der Waals surface area contributed by atoms with Crippen LogP contribution in [0.4, 0.5) is 0 Å². The molecule has 0 spiro atoms. The maximum atomic E-state index is 12.4. The predicted molar refractivity (Wildman–Crippen MR) is 68.7 cm³/mol. The van der Waals surface area contributed by atoms with Crippen molar-refractivity contribution in [2.24, 2.45) is 0 Å². The smallest absolute Gasteiger partial charge is 0.245 e. The van der Waals surface area contributed by atoms with Crippen molar-refractivity contribution in [3.8, 4) is 0 Å². The van der Waals surface area contributed by atoms with Crippen molar-refractivity contribution in [2.75, 3.05) is 18.8 Å². The van der Waals surface area contributed by atoms with Gasteiger partial charge in [0.05, 0.1) is 12.3 Å². The molecule has 2 fully saturated rings. The van der Waals surface area contributed by atoms with E-state index in [1.54, 1.807) is 6.92 Å². The van der Waals surface area contributed by atoms with Gasteiger partial charge in [-0.25, -0.2) is 8.42 Å². The summed E-state index contributed by atoms with van der Waals surface area (Å²) in [6, 6.07) is -0.855. The summed E-state index contributed by atoms with van der Waals surface area (Å²) in [7, 11) is -3.60. The van der Waals surface area contributed by atoms with Crippen LogP contribution in [0.3, 0.4) is 0 Å². The van der Waals surface area contributed by atoms with E-state index in [1.165, 1.54) is 0 Å². The Labute approximate surface area is 112 Å². The molecule has 0 aliphatic carbocycles. The van der Waals surface area contributed by atoms with E-state index in [9.17, 15) is 18.0 Å². The first-order valence-electron chi connectivity index (χ1n) is 6.50. The molecule has 2 rings (SSSR count). The number of amides is 2. The van der Waals surface area contributed by atoms with Crippen LogP contribution in [-0.4, -0.2) is 55.5 Å². The second-order valence-corrected chi connectivity index (χ2v) is 6.92. The molecular weight excluding hydrogens is 270 g/mol. The minimum Gasteiger partial charge on any atom is -0.313 e. The highest BCUT2D eigenvalue weighted by Crippen LogP contribution is 2.17. The van der Waals surface area contributed by atoms with E-state index < -0.39 is 27.9 Å². The molecule has 2 atom stereocenters. The summed E-state index contributed by atoms with van der Waals surface area (Å²) >= 11 is 0. The third kappa shape index (κ3) is 3.13. The molecule has 19 heavy (non-hydrogen) atoms. The Morgan fingerprint density at radius 3 is 2.68 bits per heavy atom. The van der Waals surface area contributed by atoms with Gasteiger partial charge in [-0.05, 0) is 25.8 Å². The second kappa shape index (κ2) is 5.56. The lowest BCUT2D eigenvalue weighted by Crippen LogP contribution is -2.60. The molecule has 0 saturated carbocycles. The van der Waals surface area contributed by atoms with Crippen LogP contribution in [0.1, 0.15) is 26.2 Å². The molecule has 2 aliphatic heterocycles. The normalized spacial score (nSPS) is 29.5. The van der Waals surface area contributed by atoms with Crippen molar-refractivity contribution in [1.29, 1.82) is 0 Å². The zero-order valence-electron chi connectivity index (χ0n) is 10.9. The van der Waals surface area contributed by atoms with Crippen molar-refractivity contribution in [1.82, 2.24) is 14.9 Å². The van der Waals surface area contributed by atoms with E-state index in [1.807, 2.05) is 0 Å². The summed E-state index contributed by atoms with van der Waals surface area (Å²) in [4.78, 5) is 23.1. The fraction of sp³-hybridized carbons (Fsp3) is 0.818. The first-order valence-corrected chi connectivity index (χ1v) is 8.11. The number of sulfonamides is 1. The Kier molecular flexibility index (Phi) is 4.22. The van der Waals surface area contributed by atoms with Crippen molar-refractivity contribution in [2.45, 2.75) is 38.3 Å². The first-order chi connectivity index (χ1) is 8.94. The Morgan fingerprint density at radius 1 is 1.37 bits per heavy atom. The third-order valence-corrected chi connectivity index (χ3v) is 5.45. The third-order valence-electron chi connectivity index (χ3n) is 3.53. The van der Waals surface area contributed by atoms with Crippen LogP contribution in [0, 0.1) is 0 Å². The van der Waals surface area contributed by atoms with Crippen molar-refractivity contribution in [3.05, 3.63) is 0 Å². The van der Waals surface area contributed by atoms with E-state index in [-0.39, 0.29) is 18.3 Å². The topological polar surface area (TPSA) is 95.6 Å². The highest BCUT2D eigenvalue weighted by molar-refractivity contribution is 7.89. The molecule has 0 bridgehead atoms. The summed E-state index contributed by atoms with van der Waals surface area (Å²) in [5.74, 6) is -1.14. The molecule has 2 saturated heterocycles. The molecule has 2 amide bonds. The lowest BCUT2D eigenvalue weighted by Gasteiger charge is -2.33. The molecule has 8 heteroatoms. The number of rotatable bonds is 4. The summed E-state index contributed by atoms with van der Waals surface area (Å²) in [6.07, 6.45) is 2.12. The average Bonchev–Trinajstić information content (AvgIpc) is 2.80. The maximum absolute atomic E-state index is 12.4. The van der Waals surface area contributed by atoms with Gasteiger partial charge in [0, 0.05) is 6.04 Å². The maximum Gasteiger partial charge on any atom is 0.245 e.